The van der Waals surface area contributed by atoms with Gasteiger partial charge in [0.05, 0.1) is 0 Å². The Morgan fingerprint density at radius 1 is 1.27 bits per heavy atom. The van der Waals surface area contributed by atoms with E-state index in [0.29, 0.717) is 37.8 Å². The van der Waals surface area contributed by atoms with Crippen molar-refractivity contribution in [3.63, 3.8) is 0 Å². The van der Waals surface area contributed by atoms with Gasteiger partial charge in [0.25, 0.3) is 0 Å². The van der Waals surface area contributed by atoms with Crippen LogP contribution in [0.4, 0.5) is 20.3 Å². The fraction of sp³-hybridized carbons (Fsp3) is 0.381. The maximum absolute atomic E-state index is 14.0. The number of halogens is 2. The molecule has 2 heterocycles. The molecule has 0 aliphatic carbocycles. The molecule has 0 saturated carbocycles. The molecule has 160 valence electrons. The summed E-state index contributed by atoms with van der Waals surface area (Å²) < 4.78 is 28.0. The van der Waals surface area contributed by atoms with Crippen molar-refractivity contribution in [2.24, 2.45) is 4.99 Å². The minimum atomic E-state index is -0.563. The lowest BCUT2D eigenvalue weighted by molar-refractivity contribution is -0.116. The van der Waals surface area contributed by atoms with Crippen molar-refractivity contribution in [2.75, 3.05) is 36.9 Å². The van der Waals surface area contributed by atoms with Gasteiger partial charge in [0, 0.05) is 45.3 Å². The van der Waals surface area contributed by atoms with Crippen molar-refractivity contribution in [3.8, 4) is 0 Å². The van der Waals surface area contributed by atoms with E-state index in [1.165, 1.54) is 18.2 Å². The highest BCUT2D eigenvalue weighted by atomic mass is 19.1. The zero-order valence-electron chi connectivity index (χ0n) is 17.1. The maximum atomic E-state index is 14.0. The first-order valence-corrected chi connectivity index (χ1v) is 9.85. The van der Waals surface area contributed by atoms with E-state index in [1.807, 2.05) is 13.0 Å². The van der Waals surface area contributed by atoms with Crippen LogP contribution in [0.2, 0.25) is 0 Å². The molecule has 1 aromatic carbocycles. The highest BCUT2D eigenvalue weighted by Gasteiger charge is 2.27. The number of hydrogen-bond acceptors (Lipinski definition) is 4. The lowest BCUT2D eigenvalue weighted by Crippen LogP contribution is -2.45. The predicted octanol–water partition coefficient (Wildman–Crippen LogP) is 2.44. The number of carbonyl (C=O) groups is 1. The van der Waals surface area contributed by atoms with Gasteiger partial charge in [-0.3, -0.25) is 9.79 Å². The van der Waals surface area contributed by atoms with Crippen molar-refractivity contribution < 1.29 is 13.6 Å². The third-order valence-electron chi connectivity index (χ3n) is 4.83. The average Bonchev–Trinajstić information content (AvgIpc) is 3.17. The van der Waals surface area contributed by atoms with Crippen LogP contribution < -0.4 is 20.9 Å². The number of guanidine groups is 1. The Bertz CT molecular complexity index is 883. The van der Waals surface area contributed by atoms with E-state index in [1.54, 1.807) is 24.2 Å². The summed E-state index contributed by atoms with van der Waals surface area (Å²) in [6, 6.07) is 7.50. The summed E-state index contributed by atoms with van der Waals surface area (Å²) in [4.78, 5) is 22.0. The maximum Gasteiger partial charge on any atom is 0.227 e. The van der Waals surface area contributed by atoms with E-state index in [9.17, 15) is 13.6 Å². The van der Waals surface area contributed by atoms with Crippen LogP contribution in [0.1, 0.15) is 18.4 Å². The van der Waals surface area contributed by atoms with Crippen LogP contribution in [0.5, 0.6) is 0 Å². The fourth-order valence-electron chi connectivity index (χ4n) is 3.30. The molecule has 1 fully saturated rings. The number of aliphatic imine (C=N–C) groups is 1. The molecule has 1 aliphatic heterocycles. The number of para-hydroxylation sites is 1. The van der Waals surface area contributed by atoms with Gasteiger partial charge >= 0.3 is 0 Å². The van der Waals surface area contributed by atoms with Gasteiger partial charge in [-0.15, -0.1) is 0 Å². The van der Waals surface area contributed by atoms with Crippen LogP contribution in [0.25, 0.3) is 0 Å². The summed E-state index contributed by atoms with van der Waals surface area (Å²) in [6.45, 7) is 3.31. The van der Waals surface area contributed by atoms with Crippen LogP contribution in [0, 0.1) is 18.6 Å². The summed E-state index contributed by atoms with van der Waals surface area (Å²) in [5.74, 6) is -0.229. The quantitative estimate of drug-likeness (QED) is 0.498. The number of aromatic nitrogens is 1. The molecule has 3 rings (SSSR count). The Kier molecular flexibility index (Phi) is 7.16. The Morgan fingerprint density at radius 3 is 2.70 bits per heavy atom. The SMILES string of the molecule is CN=C(NCCC(=O)Nc1ccc(C)cn1)NC1CCN(c2c(F)cccc2F)C1. The van der Waals surface area contributed by atoms with Crippen LogP contribution in [-0.4, -0.2) is 49.6 Å². The van der Waals surface area contributed by atoms with Crippen molar-refractivity contribution in [1.82, 2.24) is 15.6 Å². The molecule has 0 bridgehead atoms. The summed E-state index contributed by atoms with van der Waals surface area (Å²) in [5.41, 5.74) is 1.03. The molecule has 1 saturated heterocycles. The van der Waals surface area contributed by atoms with Crippen molar-refractivity contribution in [3.05, 3.63) is 53.7 Å². The second-order valence-electron chi connectivity index (χ2n) is 7.16. The molecular weight excluding hydrogens is 390 g/mol. The van der Waals surface area contributed by atoms with Crippen molar-refractivity contribution in [1.29, 1.82) is 0 Å². The van der Waals surface area contributed by atoms with Gasteiger partial charge in [-0.1, -0.05) is 12.1 Å². The summed E-state index contributed by atoms with van der Waals surface area (Å²) in [7, 11) is 1.63. The lowest BCUT2D eigenvalue weighted by atomic mass is 10.2. The molecule has 0 radical (unpaired) electrons. The number of rotatable bonds is 6. The van der Waals surface area contributed by atoms with Crippen molar-refractivity contribution >= 4 is 23.4 Å². The van der Waals surface area contributed by atoms with Gasteiger partial charge in [-0.05, 0) is 37.1 Å². The van der Waals surface area contributed by atoms with E-state index in [2.05, 4.69) is 25.9 Å². The average molecular weight is 416 g/mol. The molecular formula is C21H26F2N6O. The molecule has 30 heavy (non-hydrogen) atoms. The largest absolute Gasteiger partial charge is 0.365 e. The number of nitrogens with one attached hydrogen (secondary N) is 3. The monoisotopic (exact) mass is 416 g/mol. The van der Waals surface area contributed by atoms with Gasteiger partial charge in [-0.25, -0.2) is 13.8 Å². The second-order valence-corrected chi connectivity index (χ2v) is 7.16. The molecule has 1 amide bonds. The first-order chi connectivity index (χ1) is 14.5. The Balaban J connectivity index is 1.44. The molecule has 0 spiro atoms. The smallest absolute Gasteiger partial charge is 0.227 e. The van der Waals surface area contributed by atoms with Gasteiger partial charge < -0.3 is 20.9 Å². The molecule has 2 aromatic rings. The molecule has 7 nitrogen and oxygen atoms in total. The van der Waals surface area contributed by atoms with Gasteiger partial charge in [0.1, 0.15) is 23.1 Å². The summed E-state index contributed by atoms with van der Waals surface area (Å²) in [6.07, 6.45) is 2.65. The van der Waals surface area contributed by atoms with Crippen LogP contribution >= 0.6 is 0 Å². The zero-order valence-corrected chi connectivity index (χ0v) is 17.1. The minimum Gasteiger partial charge on any atom is -0.365 e. The normalized spacial score (nSPS) is 16.5. The Morgan fingerprint density at radius 2 is 2.03 bits per heavy atom. The van der Waals surface area contributed by atoms with Gasteiger partial charge in [0.2, 0.25) is 5.91 Å². The van der Waals surface area contributed by atoms with Crippen LogP contribution in [0.3, 0.4) is 0 Å². The number of benzene rings is 1. The van der Waals surface area contributed by atoms with Crippen molar-refractivity contribution in [2.45, 2.75) is 25.8 Å². The number of aryl methyl sites for hydroxylation is 1. The molecule has 1 aromatic heterocycles. The summed E-state index contributed by atoms with van der Waals surface area (Å²) in [5, 5.41) is 9.07. The number of carbonyl (C=O) groups excluding carboxylic acids is 1. The first-order valence-electron chi connectivity index (χ1n) is 9.85. The topological polar surface area (TPSA) is 81.6 Å². The van der Waals surface area contributed by atoms with Gasteiger partial charge in [0.15, 0.2) is 5.96 Å². The number of pyridine rings is 1. The second kappa shape index (κ2) is 10.00. The minimum absolute atomic E-state index is 0.00568. The lowest BCUT2D eigenvalue weighted by Gasteiger charge is -2.21. The molecule has 3 N–H and O–H groups in total. The highest BCUT2D eigenvalue weighted by molar-refractivity contribution is 5.90. The zero-order chi connectivity index (χ0) is 21.5. The number of anilines is 2. The van der Waals surface area contributed by atoms with Crippen LogP contribution in [0.15, 0.2) is 41.5 Å². The van der Waals surface area contributed by atoms with E-state index >= 15 is 0 Å². The highest BCUT2D eigenvalue weighted by Crippen LogP contribution is 2.26. The number of hydrogen-bond donors (Lipinski definition) is 3. The van der Waals surface area contributed by atoms with Gasteiger partial charge in [-0.2, -0.15) is 0 Å². The van der Waals surface area contributed by atoms with E-state index < -0.39 is 11.6 Å². The number of amides is 1. The predicted molar refractivity (Wildman–Crippen MR) is 114 cm³/mol. The van der Waals surface area contributed by atoms with Crippen LogP contribution in [-0.2, 0) is 4.79 Å². The van der Waals surface area contributed by atoms with E-state index in [4.69, 9.17) is 0 Å². The Hall–Kier alpha value is -3.23. The first kappa shape index (κ1) is 21.5. The van der Waals surface area contributed by atoms with E-state index in [-0.39, 0.29) is 24.1 Å². The third kappa shape index (κ3) is 5.65. The molecule has 1 atom stereocenters. The van der Waals surface area contributed by atoms with E-state index in [0.717, 1.165) is 5.56 Å². The number of nitrogens with zero attached hydrogens (tertiary/aromatic N) is 3. The fourth-order valence-corrected chi connectivity index (χ4v) is 3.30. The third-order valence-corrected chi connectivity index (χ3v) is 4.83. The summed E-state index contributed by atoms with van der Waals surface area (Å²) >= 11 is 0. The molecule has 9 heteroatoms. The Labute approximate surface area is 174 Å². The molecule has 1 unspecified atom stereocenters. The molecule has 1 aliphatic rings. The standard InChI is InChI=1S/C21H26F2N6O/c1-14-6-7-18(26-12-14)28-19(30)8-10-25-21(24-2)27-15-9-11-29(13-15)20-16(22)4-3-5-17(20)23/h3-7,12,15H,8-11,13H2,1-2H3,(H2,24,25,27)(H,26,28,30).